The van der Waals surface area contributed by atoms with Crippen molar-refractivity contribution >= 4 is 21.6 Å². The number of aliphatic hydroxyl groups excluding tert-OH is 1. The predicted molar refractivity (Wildman–Crippen MR) is 68.3 cm³/mol. The average Bonchev–Trinajstić information content (AvgIpc) is 2.75. The van der Waals surface area contributed by atoms with Crippen LogP contribution in [-0.4, -0.2) is 42.4 Å². The van der Waals surface area contributed by atoms with Gasteiger partial charge in [0.25, 0.3) is 0 Å². The van der Waals surface area contributed by atoms with Crippen molar-refractivity contribution in [2.45, 2.75) is 23.5 Å². The minimum atomic E-state index is -4.21. The molecular weight excluding hydrogens is 289 g/mol. The SMILES string of the molecule is NC(=O)C1CC(O)CN1S(=O)(=O)c1cccc(F)c1N. The van der Waals surface area contributed by atoms with Crippen molar-refractivity contribution in [2.75, 3.05) is 12.3 Å². The summed E-state index contributed by atoms with van der Waals surface area (Å²) in [5.74, 6) is -1.75. The van der Waals surface area contributed by atoms with Crippen LogP contribution in [0.25, 0.3) is 0 Å². The lowest BCUT2D eigenvalue weighted by molar-refractivity contribution is -0.121. The van der Waals surface area contributed by atoms with E-state index < -0.39 is 44.5 Å². The molecule has 20 heavy (non-hydrogen) atoms. The number of anilines is 1. The van der Waals surface area contributed by atoms with Crippen LogP contribution in [0.5, 0.6) is 0 Å². The van der Waals surface area contributed by atoms with Gasteiger partial charge < -0.3 is 16.6 Å². The Morgan fingerprint density at radius 2 is 2.10 bits per heavy atom. The number of nitrogen functional groups attached to an aromatic ring is 1. The Morgan fingerprint density at radius 1 is 1.45 bits per heavy atom. The molecule has 2 atom stereocenters. The molecule has 1 amide bonds. The molecule has 0 aliphatic carbocycles. The summed E-state index contributed by atoms with van der Waals surface area (Å²) in [5, 5.41) is 9.53. The fourth-order valence-electron chi connectivity index (χ4n) is 2.18. The third-order valence-corrected chi connectivity index (χ3v) is 5.09. The van der Waals surface area contributed by atoms with Crippen LogP contribution >= 0.6 is 0 Å². The maximum Gasteiger partial charge on any atom is 0.246 e. The Labute approximate surface area is 115 Å². The summed E-state index contributed by atoms with van der Waals surface area (Å²) >= 11 is 0. The molecule has 7 nitrogen and oxygen atoms in total. The summed E-state index contributed by atoms with van der Waals surface area (Å²) in [6.07, 6.45) is -1.10. The lowest BCUT2D eigenvalue weighted by Crippen LogP contribution is -2.43. The number of hydrogen-bond acceptors (Lipinski definition) is 5. The Bertz CT molecular complexity index is 649. The number of carbonyl (C=O) groups excluding carboxylic acids is 1. The second kappa shape index (κ2) is 5.00. The van der Waals surface area contributed by atoms with Crippen molar-refractivity contribution in [3.05, 3.63) is 24.0 Å². The van der Waals surface area contributed by atoms with E-state index in [1.165, 1.54) is 6.07 Å². The molecule has 2 unspecified atom stereocenters. The van der Waals surface area contributed by atoms with Crippen LogP contribution in [0.3, 0.4) is 0 Å². The molecule has 0 spiro atoms. The van der Waals surface area contributed by atoms with Gasteiger partial charge in [-0.05, 0) is 12.1 Å². The van der Waals surface area contributed by atoms with Crippen molar-refractivity contribution < 1.29 is 22.7 Å². The molecular formula is C11H14FN3O4S. The van der Waals surface area contributed by atoms with Crippen LogP contribution in [0, 0.1) is 5.82 Å². The number of nitrogens with two attached hydrogens (primary N) is 2. The number of amides is 1. The summed E-state index contributed by atoms with van der Waals surface area (Å²) in [4.78, 5) is 10.8. The van der Waals surface area contributed by atoms with E-state index in [2.05, 4.69) is 0 Å². The number of aliphatic hydroxyl groups is 1. The van der Waals surface area contributed by atoms with Crippen LogP contribution < -0.4 is 11.5 Å². The highest BCUT2D eigenvalue weighted by Crippen LogP contribution is 2.30. The van der Waals surface area contributed by atoms with Crippen LogP contribution in [0.4, 0.5) is 10.1 Å². The zero-order chi connectivity index (χ0) is 15.1. The minimum absolute atomic E-state index is 0.0935. The third-order valence-electron chi connectivity index (χ3n) is 3.16. The second-order valence-electron chi connectivity index (χ2n) is 4.53. The number of carbonyl (C=O) groups is 1. The van der Waals surface area contributed by atoms with Gasteiger partial charge in [0.05, 0.1) is 11.8 Å². The number of β-amino-alcohol motifs (C(OH)–C–C–N with tert-alkyl or cyclic N) is 1. The highest BCUT2D eigenvalue weighted by Gasteiger charge is 2.43. The molecule has 110 valence electrons. The molecule has 1 aromatic rings. The Morgan fingerprint density at radius 3 is 2.70 bits per heavy atom. The predicted octanol–water partition coefficient (Wildman–Crippen LogP) is -0.983. The molecule has 1 saturated heterocycles. The highest BCUT2D eigenvalue weighted by molar-refractivity contribution is 7.89. The van der Waals surface area contributed by atoms with Gasteiger partial charge in [-0.2, -0.15) is 4.31 Å². The molecule has 1 fully saturated rings. The lowest BCUT2D eigenvalue weighted by Gasteiger charge is -2.22. The normalized spacial score (nSPS) is 23.9. The van der Waals surface area contributed by atoms with Crippen molar-refractivity contribution in [1.82, 2.24) is 4.31 Å². The summed E-state index contributed by atoms with van der Waals surface area (Å²) in [6, 6.07) is 2.19. The van der Waals surface area contributed by atoms with Crippen molar-refractivity contribution in [2.24, 2.45) is 5.73 Å². The largest absolute Gasteiger partial charge is 0.395 e. The molecule has 1 aliphatic heterocycles. The van der Waals surface area contributed by atoms with Crippen molar-refractivity contribution in [3.63, 3.8) is 0 Å². The van der Waals surface area contributed by atoms with Crippen LogP contribution in [0.1, 0.15) is 6.42 Å². The van der Waals surface area contributed by atoms with E-state index in [9.17, 15) is 22.7 Å². The molecule has 2 rings (SSSR count). The fraction of sp³-hybridized carbons (Fsp3) is 0.364. The maximum absolute atomic E-state index is 13.4. The van der Waals surface area contributed by atoms with Gasteiger partial charge in [0.1, 0.15) is 16.8 Å². The van der Waals surface area contributed by atoms with Crippen molar-refractivity contribution in [1.29, 1.82) is 0 Å². The van der Waals surface area contributed by atoms with E-state index in [-0.39, 0.29) is 13.0 Å². The zero-order valence-electron chi connectivity index (χ0n) is 10.4. The van der Waals surface area contributed by atoms with Crippen LogP contribution in [0.2, 0.25) is 0 Å². The van der Waals surface area contributed by atoms with Gasteiger partial charge in [-0.3, -0.25) is 4.79 Å². The van der Waals surface area contributed by atoms with Gasteiger partial charge in [-0.25, -0.2) is 12.8 Å². The molecule has 1 aliphatic rings. The number of sulfonamides is 1. The van der Waals surface area contributed by atoms with E-state index in [0.29, 0.717) is 0 Å². The summed E-state index contributed by atoms with van der Waals surface area (Å²) in [7, 11) is -4.21. The highest BCUT2D eigenvalue weighted by atomic mass is 32.2. The van der Waals surface area contributed by atoms with Crippen LogP contribution in [0.15, 0.2) is 23.1 Å². The second-order valence-corrected chi connectivity index (χ2v) is 6.39. The van der Waals surface area contributed by atoms with E-state index in [0.717, 1.165) is 16.4 Å². The van der Waals surface area contributed by atoms with Gasteiger partial charge >= 0.3 is 0 Å². The molecule has 1 aromatic carbocycles. The average molecular weight is 303 g/mol. The molecule has 0 bridgehead atoms. The summed E-state index contributed by atoms with van der Waals surface area (Å²) in [6.45, 7) is -0.286. The van der Waals surface area contributed by atoms with Crippen LogP contribution in [-0.2, 0) is 14.8 Å². The lowest BCUT2D eigenvalue weighted by atomic mass is 10.2. The molecule has 0 saturated carbocycles. The summed E-state index contributed by atoms with van der Waals surface area (Å²) in [5.41, 5.74) is 10.0. The first-order valence-electron chi connectivity index (χ1n) is 5.78. The van der Waals surface area contributed by atoms with E-state index in [4.69, 9.17) is 11.5 Å². The maximum atomic E-state index is 13.4. The quantitative estimate of drug-likeness (QED) is 0.618. The number of hydrogen-bond donors (Lipinski definition) is 3. The Kier molecular flexibility index (Phi) is 3.67. The van der Waals surface area contributed by atoms with Gasteiger partial charge in [0.15, 0.2) is 0 Å². The molecule has 9 heteroatoms. The van der Waals surface area contributed by atoms with Gasteiger partial charge in [-0.15, -0.1) is 0 Å². The first kappa shape index (κ1) is 14.7. The van der Waals surface area contributed by atoms with Gasteiger partial charge in [0.2, 0.25) is 15.9 Å². The van der Waals surface area contributed by atoms with Gasteiger partial charge in [-0.1, -0.05) is 6.07 Å². The van der Waals surface area contributed by atoms with E-state index in [1.807, 2.05) is 0 Å². The topological polar surface area (TPSA) is 127 Å². The molecule has 0 radical (unpaired) electrons. The number of rotatable bonds is 3. The number of nitrogens with zero attached hydrogens (tertiary/aromatic N) is 1. The first-order chi connectivity index (χ1) is 9.25. The van der Waals surface area contributed by atoms with E-state index >= 15 is 0 Å². The van der Waals surface area contributed by atoms with Crippen molar-refractivity contribution in [3.8, 4) is 0 Å². The zero-order valence-corrected chi connectivity index (χ0v) is 11.2. The minimum Gasteiger partial charge on any atom is -0.395 e. The first-order valence-corrected chi connectivity index (χ1v) is 7.22. The fourth-order valence-corrected chi connectivity index (χ4v) is 3.95. The molecule has 0 aromatic heterocycles. The molecule has 1 heterocycles. The number of halogens is 1. The standard InChI is InChI=1S/C11H14FN3O4S/c12-7-2-1-3-9(10(7)13)20(18,19)15-5-6(16)4-8(15)11(14)17/h1-3,6,8,16H,4-5,13H2,(H2,14,17). The third kappa shape index (κ3) is 2.35. The smallest absolute Gasteiger partial charge is 0.246 e. The van der Waals surface area contributed by atoms with Gasteiger partial charge in [0, 0.05) is 13.0 Å². The monoisotopic (exact) mass is 303 g/mol. The number of para-hydroxylation sites is 1. The molecule has 5 N–H and O–H groups in total. The Hall–Kier alpha value is -1.71. The van der Waals surface area contributed by atoms with E-state index in [1.54, 1.807) is 0 Å². The summed E-state index contributed by atoms with van der Waals surface area (Å²) < 4.78 is 39.0. The number of primary amides is 1. The number of benzene rings is 1. The Balaban J connectivity index is 2.49.